The zero-order valence-electron chi connectivity index (χ0n) is 17.0. The van der Waals surface area contributed by atoms with Gasteiger partial charge in [-0.05, 0) is 30.3 Å². The Morgan fingerprint density at radius 1 is 1.24 bits per heavy atom. The average Bonchev–Trinajstić information content (AvgIpc) is 3.17. The first-order chi connectivity index (χ1) is 16.1. The van der Waals surface area contributed by atoms with E-state index in [4.69, 9.17) is 27.9 Å². The number of benzene rings is 2. The number of ether oxygens (including phenoxy) is 1. The highest BCUT2D eigenvalue weighted by molar-refractivity contribution is 9.10. The number of imidazole rings is 1. The molecule has 2 heterocycles. The first kappa shape index (κ1) is 24.4. The van der Waals surface area contributed by atoms with Crippen LogP contribution >= 0.6 is 39.1 Å². The molecule has 0 bridgehead atoms. The lowest BCUT2D eigenvalue weighted by molar-refractivity contribution is -0.153. The molecule has 0 fully saturated rings. The van der Waals surface area contributed by atoms with Gasteiger partial charge in [-0.1, -0.05) is 27.5 Å². The topological polar surface area (TPSA) is 91.4 Å². The zero-order valence-corrected chi connectivity index (χ0v) is 20.1. The number of aliphatic imine (C=N–C) groups is 1. The van der Waals surface area contributed by atoms with Crippen molar-refractivity contribution >= 4 is 73.9 Å². The zero-order chi connectivity index (χ0) is 24.5. The molecule has 2 unspecified atom stereocenters. The Labute approximate surface area is 209 Å². The highest BCUT2D eigenvalue weighted by atomic mass is 79.9. The summed E-state index contributed by atoms with van der Waals surface area (Å²) >= 11 is 15.7. The second-order valence-corrected chi connectivity index (χ2v) is 9.05. The highest BCUT2D eigenvalue weighted by Crippen LogP contribution is 2.30. The SMILES string of the molecule is O=C(Nc1ccc(Br)cc1)c1cc2[nH]c(NC3C(Cl)=CN=CC3Cl)nc2cc1OCC(F)(F)F. The van der Waals surface area contributed by atoms with E-state index in [1.807, 2.05) is 0 Å². The number of H-pyrrole nitrogens is 1. The molecule has 1 aromatic heterocycles. The minimum Gasteiger partial charge on any atom is -0.483 e. The third-order valence-corrected chi connectivity index (χ3v) is 5.88. The third-order valence-electron chi connectivity index (χ3n) is 4.66. The van der Waals surface area contributed by atoms with E-state index in [2.05, 4.69) is 41.5 Å². The van der Waals surface area contributed by atoms with E-state index in [0.29, 0.717) is 16.2 Å². The minimum absolute atomic E-state index is 0.104. The van der Waals surface area contributed by atoms with Crippen molar-refractivity contribution < 1.29 is 22.7 Å². The van der Waals surface area contributed by atoms with E-state index in [1.165, 1.54) is 24.5 Å². The molecule has 0 saturated heterocycles. The van der Waals surface area contributed by atoms with Gasteiger partial charge in [-0.15, -0.1) is 11.6 Å². The van der Waals surface area contributed by atoms with Crippen LogP contribution in [0.25, 0.3) is 11.0 Å². The van der Waals surface area contributed by atoms with Crippen molar-refractivity contribution in [2.24, 2.45) is 4.99 Å². The highest BCUT2D eigenvalue weighted by Gasteiger charge is 2.30. The summed E-state index contributed by atoms with van der Waals surface area (Å²) in [4.78, 5) is 24.1. The number of fused-ring (bicyclic) bond motifs is 1. The van der Waals surface area contributed by atoms with Crippen LogP contribution < -0.4 is 15.4 Å². The van der Waals surface area contributed by atoms with Crippen molar-refractivity contribution in [2.75, 3.05) is 17.2 Å². The van der Waals surface area contributed by atoms with E-state index in [1.54, 1.807) is 24.3 Å². The largest absolute Gasteiger partial charge is 0.483 e. The summed E-state index contributed by atoms with van der Waals surface area (Å²) < 4.78 is 44.2. The van der Waals surface area contributed by atoms with Gasteiger partial charge in [-0.2, -0.15) is 13.2 Å². The van der Waals surface area contributed by atoms with Gasteiger partial charge in [0.1, 0.15) is 5.75 Å². The molecule has 1 aliphatic rings. The standard InChI is InChI=1S/C21H15BrCl2F3N5O2/c22-10-1-3-11(4-2-10)29-19(33)12-5-15-16(6-17(12)34-9-21(25,26)27)31-20(30-15)32-18-13(23)7-28-8-14(18)24/h1-8,13,18H,9H2,(H,29,33)(H2,30,31,32). The smallest absolute Gasteiger partial charge is 0.422 e. The summed E-state index contributed by atoms with van der Waals surface area (Å²) in [5.74, 6) is -0.670. The number of amides is 1. The fourth-order valence-corrected chi connectivity index (χ4v) is 3.94. The number of aromatic nitrogens is 2. The Kier molecular flexibility index (Phi) is 7.06. The molecule has 0 aliphatic carbocycles. The number of anilines is 2. The number of nitrogens with one attached hydrogen (secondary N) is 3. The van der Waals surface area contributed by atoms with Gasteiger partial charge in [0.2, 0.25) is 5.95 Å². The quantitative estimate of drug-likeness (QED) is 0.311. The van der Waals surface area contributed by atoms with Gasteiger partial charge in [-0.3, -0.25) is 9.79 Å². The Morgan fingerprint density at radius 3 is 2.65 bits per heavy atom. The van der Waals surface area contributed by atoms with Crippen LogP contribution in [-0.4, -0.2) is 46.3 Å². The predicted octanol–water partition coefficient (Wildman–Crippen LogP) is 6.07. The number of nitrogens with zero attached hydrogens (tertiary/aromatic N) is 2. The van der Waals surface area contributed by atoms with Gasteiger partial charge in [-0.25, -0.2) is 4.98 Å². The number of rotatable bonds is 6. The van der Waals surface area contributed by atoms with Gasteiger partial charge >= 0.3 is 6.18 Å². The molecular weight excluding hydrogens is 562 g/mol. The second-order valence-electron chi connectivity index (χ2n) is 7.19. The molecule has 1 amide bonds. The summed E-state index contributed by atoms with van der Waals surface area (Å²) in [6, 6.07) is 8.81. The molecule has 3 aromatic rings. The summed E-state index contributed by atoms with van der Waals surface area (Å²) in [5, 5.41) is 5.47. The molecule has 3 N–H and O–H groups in total. The van der Waals surface area contributed by atoms with E-state index in [-0.39, 0.29) is 22.8 Å². The Morgan fingerprint density at radius 2 is 1.97 bits per heavy atom. The molecule has 1 aliphatic heterocycles. The molecular formula is C21H15BrCl2F3N5O2. The molecule has 13 heteroatoms. The monoisotopic (exact) mass is 575 g/mol. The molecule has 178 valence electrons. The number of halogens is 6. The van der Waals surface area contributed by atoms with Gasteiger partial charge < -0.3 is 20.4 Å². The Balaban J connectivity index is 1.66. The molecule has 7 nitrogen and oxygen atoms in total. The first-order valence-electron chi connectivity index (χ1n) is 9.69. The number of carbonyl (C=O) groups is 1. The number of carbonyl (C=O) groups excluding carboxylic acids is 1. The summed E-state index contributed by atoms with van der Waals surface area (Å²) in [5.41, 5.74) is 1.01. The van der Waals surface area contributed by atoms with Gasteiger partial charge in [0, 0.05) is 28.6 Å². The molecule has 0 spiro atoms. The average molecular weight is 577 g/mol. The van der Waals surface area contributed by atoms with Crippen LogP contribution in [0.15, 0.2) is 57.1 Å². The lowest BCUT2D eigenvalue weighted by Gasteiger charge is -2.21. The first-order valence-corrected chi connectivity index (χ1v) is 11.3. The van der Waals surface area contributed by atoms with Crippen LogP contribution in [0.1, 0.15) is 10.4 Å². The van der Waals surface area contributed by atoms with Crippen LogP contribution in [0.5, 0.6) is 5.75 Å². The minimum atomic E-state index is -4.59. The lowest BCUT2D eigenvalue weighted by atomic mass is 10.1. The number of aromatic amines is 1. The molecule has 0 saturated carbocycles. The van der Waals surface area contributed by atoms with Crippen molar-refractivity contribution in [1.29, 1.82) is 0 Å². The van der Waals surface area contributed by atoms with Crippen molar-refractivity contribution in [3.63, 3.8) is 0 Å². The lowest BCUT2D eigenvalue weighted by Crippen LogP contribution is -2.33. The van der Waals surface area contributed by atoms with Crippen molar-refractivity contribution in [3.8, 4) is 5.75 Å². The summed E-state index contributed by atoms with van der Waals surface area (Å²) in [6.07, 6.45) is -1.65. The van der Waals surface area contributed by atoms with E-state index in [0.717, 1.165) is 4.47 Å². The second kappa shape index (κ2) is 9.85. The fraction of sp³-hybridized carbons (Fsp3) is 0.190. The van der Waals surface area contributed by atoms with E-state index >= 15 is 0 Å². The van der Waals surface area contributed by atoms with Crippen LogP contribution in [0.4, 0.5) is 24.8 Å². The number of alkyl halides is 4. The normalized spacial score (nSPS) is 18.0. The van der Waals surface area contributed by atoms with Crippen LogP contribution in [-0.2, 0) is 0 Å². The Bertz CT molecular complexity index is 1280. The Hall–Kier alpha value is -2.76. The number of hydrogen-bond acceptors (Lipinski definition) is 5. The van der Waals surface area contributed by atoms with Gasteiger partial charge in [0.05, 0.1) is 33.0 Å². The van der Waals surface area contributed by atoms with E-state index < -0.39 is 30.1 Å². The van der Waals surface area contributed by atoms with Crippen LogP contribution in [0, 0.1) is 0 Å². The molecule has 2 aromatic carbocycles. The maximum absolute atomic E-state index is 12.9. The molecule has 0 radical (unpaired) electrons. The van der Waals surface area contributed by atoms with Gasteiger partial charge in [0.15, 0.2) is 6.61 Å². The van der Waals surface area contributed by atoms with Crippen molar-refractivity contribution in [2.45, 2.75) is 17.6 Å². The summed E-state index contributed by atoms with van der Waals surface area (Å²) in [7, 11) is 0. The van der Waals surface area contributed by atoms with Gasteiger partial charge in [0.25, 0.3) is 5.91 Å². The van der Waals surface area contributed by atoms with Crippen LogP contribution in [0.2, 0.25) is 0 Å². The van der Waals surface area contributed by atoms with Crippen molar-refractivity contribution in [3.05, 3.63) is 57.7 Å². The maximum atomic E-state index is 12.9. The molecule has 4 rings (SSSR count). The third kappa shape index (κ3) is 5.83. The fourth-order valence-electron chi connectivity index (χ4n) is 3.10. The molecule has 34 heavy (non-hydrogen) atoms. The predicted molar refractivity (Wildman–Crippen MR) is 129 cm³/mol. The number of hydrogen-bond donors (Lipinski definition) is 3. The van der Waals surface area contributed by atoms with E-state index in [9.17, 15) is 18.0 Å². The maximum Gasteiger partial charge on any atom is 0.422 e. The molecule has 2 atom stereocenters. The van der Waals surface area contributed by atoms with Crippen molar-refractivity contribution in [1.82, 2.24) is 9.97 Å². The van der Waals surface area contributed by atoms with Crippen LogP contribution in [0.3, 0.4) is 0 Å². The summed E-state index contributed by atoms with van der Waals surface area (Å²) in [6.45, 7) is -1.57.